The Labute approximate surface area is 132 Å². The molecular formula is C17H15NO3S. The molecule has 22 heavy (non-hydrogen) atoms. The van der Waals surface area contributed by atoms with Gasteiger partial charge >= 0.3 is 0 Å². The largest absolute Gasteiger partial charge is 0.489 e. The molecule has 0 aliphatic carbocycles. The minimum atomic E-state index is -0.350. The van der Waals surface area contributed by atoms with Gasteiger partial charge < -0.3 is 4.74 Å². The number of carbonyl (C=O) groups excluding carboxylic acids is 2. The Morgan fingerprint density at radius 1 is 1.00 bits per heavy atom. The molecule has 0 spiro atoms. The highest BCUT2D eigenvalue weighted by Gasteiger charge is 2.31. The van der Waals surface area contributed by atoms with Gasteiger partial charge in [-0.1, -0.05) is 54.2 Å². The van der Waals surface area contributed by atoms with E-state index in [4.69, 9.17) is 4.74 Å². The van der Waals surface area contributed by atoms with Crippen LogP contribution < -0.4 is 10.1 Å². The first-order valence-electron chi connectivity index (χ1n) is 6.98. The smallest absolute Gasteiger partial charge is 0.286 e. The number of amides is 2. The van der Waals surface area contributed by atoms with Crippen molar-refractivity contribution in [1.82, 2.24) is 5.32 Å². The molecule has 1 heterocycles. The van der Waals surface area contributed by atoms with Crippen molar-refractivity contribution in [3.63, 3.8) is 0 Å². The summed E-state index contributed by atoms with van der Waals surface area (Å²) in [5.41, 5.74) is 2.08. The fraction of sp³-hybridized carbons (Fsp3) is 0.176. The van der Waals surface area contributed by atoms with Crippen molar-refractivity contribution >= 4 is 22.9 Å². The Balaban J connectivity index is 1.62. The lowest BCUT2D eigenvalue weighted by atomic mass is 10.1. The van der Waals surface area contributed by atoms with Crippen LogP contribution in [-0.2, 0) is 17.8 Å². The molecule has 2 aromatic carbocycles. The summed E-state index contributed by atoms with van der Waals surface area (Å²) in [6, 6.07) is 17.6. The van der Waals surface area contributed by atoms with Gasteiger partial charge in [0.05, 0.1) is 5.25 Å². The van der Waals surface area contributed by atoms with Crippen LogP contribution in [0.5, 0.6) is 5.75 Å². The number of carbonyl (C=O) groups is 2. The maximum Gasteiger partial charge on any atom is 0.286 e. The first-order chi connectivity index (χ1) is 10.7. The summed E-state index contributed by atoms with van der Waals surface area (Å²) in [7, 11) is 0. The number of thioether (sulfide) groups is 1. The highest BCUT2D eigenvalue weighted by atomic mass is 32.2. The van der Waals surface area contributed by atoms with E-state index in [9.17, 15) is 9.59 Å². The summed E-state index contributed by atoms with van der Waals surface area (Å²) in [5, 5.41) is 1.68. The Morgan fingerprint density at radius 3 is 2.50 bits per heavy atom. The minimum Gasteiger partial charge on any atom is -0.489 e. The maximum atomic E-state index is 11.6. The molecule has 1 saturated heterocycles. The van der Waals surface area contributed by atoms with Crippen LogP contribution in [0.1, 0.15) is 11.1 Å². The van der Waals surface area contributed by atoms with Crippen LogP contribution in [0.15, 0.2) is 54.6 Å². The van der Waals surface area contributed by atoms with Gasteiger partial charge in [0.2, 0.25) is 5.91 Å². The summed E-state index contributed by atoms with van der Waals surface area (Å²) >= 11 is 1.04. The average Bonchev–Trinajstić information content (AvgIpc) is 2.84. The van der Waals surface area contributed by atoms with Crippen molar-refractivity contribution in [1.29, 1.82) is 0 Å². The lowest BCUT2D eigenvalue weighted by molar-refractivity contribution is -0.118. The van der Waals surface area contributed by atoms with Crippen LogP contribution in [0.25, 0.3) is 0 Å². The molecule has 1 aliphatic heterocycles. The minimum absolute atomic E-state index is 0.217. The summed E-state index contributed by atoms with van der Waals surface area (Å²) in [6.07, 6.45) is 0.519. The van der Waals surface area contributed by atoms with Crippen molar-refractivity contribution in [3.8, 4) is 5.75 Å². The lowest BCUT2D eigenvalue weighted by Crippen LogP contribution is -2.25. The van der Waals surface area contributed by atoms with Crippen molar-refractivity contribution in [2.75, 3.05) is 0 Å². The van der Waals surface area contributed by atoms with Crippen LogP contribution in [0.4, 0.5) is 4.79 Å². The lowest BCUT2D eigenvalue weighted by Gasteiger charge is -2.09. The van der Waals surface area contributed by atoms with Gasteiger partial charge in [-0.3, -0.25) is 14.9 Å². The molecule has 1 atom stereocenters. The zero-order valence-electron chi connectivity index (χ0n) is 11.8. The van der Waals surface area contributed by atoms with Gasteiger partial charge in [0.15, 0.2) is 0 Å². The highest BCUT2D eigenvalue weighted by molar-refractivity contribution is 8.15. The molecule has 0 radical (unpaired) electrons. The maximum absolute atomic E-state index is 11.6. The SMILES string of the molecule is O=C1NC(=O)C(Cc2cccc(OCc3ccccc3)c2)S1. The zero-order chi connectivity index (χ0) is 15.4. The van der Waals surface area contributed by atoms with Gasteiger partial charge in [-0.2, -0.15) is 0 Å². The molecule has 3 rings (SSSR count). The number of rotatable bonds is 5. The Kier molecular flexibility index (Phi) is 4.44. The molecule has 0 saturated carbocycles. The molecule has 1 fully saturated rings. The average molecular weight is 313 g/mol. The quantitative estimate of drug-likeness (QED) is 0.921. The third-order valence-electron chi connectivity index (χ3n) is 3.33. The van der Waals surface area contributed by atoms with Gasteiger partial charge in [-0.15, -0.1) is 0 Å². The van der Waals surface area contributed by atoms with E-state index in [1.165, 1.54) is 0 Å². The molecule has 2 amide bonds. The normalized spacial score (nSPS) is 17.4. The number of ether oxygens (including phenoxy) is 1. The van der Waals surface area contributed by atoms with Crippen LogP contribution in [0.3, 0.4) is 0 Å². The first-order valence-corrected chi connectivity index (χ1v) is 7.86. The van der Waals surface area contributed by atoms with Gasteiger partial charge in [-0.05, 0) is 29.7 Å². The molecule has 5 heteroatoms. The molecule has 112 valence electrons. The van der Waals surface area contributed by atoms with Crippen LogP contribution in [-0.4, -0.2) is 16.4 Å². The Hall–Kier alpha value is -2.27. The molecule has 1 unspecified atom stereocenters. The number of benzene rings is 2. The molecule has 0 aromatic heterocycles. The fourth-order valence-corrected chi connectivity index (χ4v) is 3.10. The molecule has 1 N–H and O–H groups in total. The second kappa shape index (κ2) is 6.66. The summed E-state index contributed by atoms with van der Waals surface area (Å²) in [6.45, 7) is 0.501. The van der Waals surface area contributed by atoms with E-state index in [0.29, 0.717) is 13.0 Å². The second-order valence-corrected chi connectivity index (χ2v) is 6.18. The molecular weight excluding hydrogens is 298 g/mol. The Morgan fingerprint density at radius 2 is 1.77 bits per heavy atom. The number of hydrogen-bond acceptors (Lipinski definition) is 4. The highest BCUT2D eigenvalue weighted by Crippen LogP contribution is 2.24. The molecule has 1 aliphatic rings. The Bertz CT molecular complexity index is 687. The van der Waals surface area contributed by atoms with Gasteiger partial charge in [0.1, 0.15) is 12.4 Å². The number of nitrogens with one attached hydrogen (secondary N) is 1. The van der Waals surface area contributed by atoms with E-state index >= 15 is 0 Å². The van der Waals surface area contributed by atoms with Crippen molar-refractivity contribution < 1.29 is 14.3 Å². The van der Waals surface area contributed by atoms with Crippen molar-refractivity contribution in [2.24, 2.45) is 0 Å². The van der Waals surface area contributed by atoms with E-state index < -0.39 is 0 Å². The van der Waals surface area contributed by atoms with Crippen LogP contribution >= 0.6 is 11.8 Å². The first kappa shape index (κ1) is 14.7. The summed E-state index contributed by atoms with van der Waals surface area (Å²) in [4.78, 5) is 22.8. The van der Waals surface area contributed by atoms with Crippen LogP contribution in [0, 0.1) is 0 Å². The molecule has 2 aromatic rings. The van der Waals surface area contributed by atoms with Gasteiger partial charge in [0, 0.05) is 0 Å². The topological polar surface area (TPSA) is 55.4 Å². The summed E-state index contributed by atoms with van der Waals surface area (Å²) in [5.74, 6) is 0.543. The van der Waals surface area contributed by atoms with E-state index in [1.54, 1.807) is 0 Å². The van der Waals surface area contributed by atoms with E-state index in [0.717, 1.165) is 28.6 Å². The van der Waals surface area contributed by atoms with Crippen molar-refractivity contribution in [2.45, 2.75) is 18.3 Å². The van der Waals surface area contributed by atoms with E-state index in [2.05, 4.69) is 5.32 Å². The second-order valence-electron chi connectivity index (χ2n) is 5.01. The molecule has 4 nitrogen and oxygen atoms in total. The number of imide groups is 1. The zero-order valence-corrected chi connectivity index (χ0v) is 12.6. The third-order valence-corrected chi connectivity index (χ3v) is 4.32. The number of hydrogen-bond donors (Lipinski definition) is 1. The predicted octanol–water partition coefficient (Wildman–Crippen LogP) is 3.16. The van der Waals surface area contributed by atoms with E-state index in [1.807, 2.05) is 54.6 Å². The monoisotopic (exact) mass is 313 g/mol. The fourth-order valence-electron chi connectivity index (χ4n) is 2.24. The van der Waals surface area contributed by atoms with Gasteiger partial charge in [-0.25, -0.2) is 0 Å². The molecule has 0 bridgehead atoms. The standard InChI is InChI=1S/C17H15NO3S/c19-16-15(22-17(20)18-16)10-13-7-4-8-14(9-13)21-11-12-5-2-1-3-6-12/h1-9,15H,10-11H2,(H,18,19,20). The van der Waals surface area contributed by atoms with Gasteiger partial charge in [0.25, 0.3) is 5.24 Å². The van der Waals surface area contributed by atoms with Crippen LogP contribution in [0.2, 0.25) is 0 Å². The van der Waals surface area contributed by atoms with E-state index in [-0.39, 0.29) is 16.4 Å². The van der Waals surface area contributed by atoms with Crippen molar-refractivity contribution in [3.05, 3.63) is 65.7 Å². The predicted molar refractivity (Wildman–Crippen MR) is 85.8 cm³/mol. The summed E-state index contributed by atoms with van der Waals surface area (Å²) < 4.78 is 5.77. The third kappa shape index (κ3) is 3.68.